The zero-order chi connectivity index (χ0) is 12.8. The quantitative estimate of drug-likeness (QED) is 0.811. The van der Waals surface area contributed by atoms with Crippen molar-refractivity contribution in [2.45, 2.75) is 32.1 Å². The van der Waals surface area contributed by atoms with Crippen molar-refractivity contribution in [1.82, 2.24) is 9.97 Å². The summed E-state index contributed by atoms with van der Waals surface area (Å²) in [5.41, 5.74) is 0.235. The van der Waals surface area contributed by atoms with Crippen molar-refractivity contribution in [3.05, 3.63) is 18.1 Å². The van der Waals surface area contributed by atoms with Crippen molar-refractivity contribution in [2.24, 2.45) is 5.92 Å². The summed E-state index contributed by atoms with van der Waals surface area (Å²) in [5.74, 6) is 1.11. The van der Waals surface area contributed by atoms with Gasteiger partial charge in [-0.2, -0.15) is 0 Å². The molecule has 0 spiro atoms. The monoisotopic (exact) mass is 249 g/mol. The number of nitrogens with zero attached hydrogens (tertiary/aromatic N) is 2. The fourth-order valence-corrected chi connectivity index (χ4v) is 2.33. The lowest BCUT2D eigenvalue weighted by Crippen LogP contribution is -2.10. The molecule has 98 valence electrons. The number of carbonyl (C=O) groups is 1. The second-order valence-corrected chi connectivity index (χ2v) is 4.64. The molecule has 2 rings (SSSR count). The van der Waals surface area contributed by atoms with Crippen LogP contribution in [-0.4, -0.2) is 29.6 Å². The van der Waals surface area contributed by atoms with Crippen molar-refractivity contribution >= 4 is 11.8 Å². The van der Waals surface area contributed by atoms with Crippen molar-refractivity contribution in [1.29, 1.82) is 0 Å². The van der Waals surface area contributed by atoms with Crippen molar-refractivity contribution in [3.63, 3.8) is 0 Å². The topological polar surface area (TPSA) is 64.1 Å². The van der Waals surface area contributed by atoms with E-state index in [4.69, 9.17) is 0 Å². The largest absolute Gasteiger partial charge is 0.464 e. The molecule has 1 aromatic rings. The minimum absolute atomic E-state index is 0.235. The van der Waals surface area contributed by atoms with E-state index in [1.165, 1.54) is 45.4 Å². The molecule has 0 atom stereocenters. The number of anilines is 1. The Morgan fingerprint density at radius 1 is 1.39 bits per heavy atom. The number of hydrogen-bond donors (Lipinski definition) is 1. The maximum atomic E-state index is 11.2. The summed E-state index contributed by atoms with van der Waals surface area (Å²) >= 11 is 0. The number of hydrogen-bond acceptors (Lipinski definition) is 5. The van der Waals surface area contributed by atoms with Gasteiger partial charge >= 0.3 is 5.97 Å². The van der Waals surface area contributed by atoms with E-state index in [2.05, 4.69) is 20.0 Å². The molecule has 0 aliphatic heterocycles. The fourth-order valence-electron chi connectivity index (χ4n) is 2.33. The molecule has 1 saturated carbocycles. The second-order valence-electron chi connectivity index (χ2n) is 4.64. The normalized spacial score (nSPS) is 15.6. The molecule has 5 nitrogen and oxygen atoms in total. The molecule has 1 fully saturated rings. The third-order valence-electron chi connectivity index (χ3n) is 3.38. The molecule has 0 aromatic carbocycles. The molecule has 18 heavy (non-hydrogen) atoms. The van der Waals surface area contributed by atoms with E-state index in [-0.39, 0.29) is 5.69 Å². The van der Waals surface area contributed by atoms with E-state index in [0.717, 1.165) is 12.5 Å². The Morgan fingerprint density at radius 2 is 2.17 bits per heavy atom. The number of aromatic nitrogens is 2. The molecule has 0 saturated heterocycles. The molecular formula is C13H19N3O2. The first-order valence-electron chi connectivity index (χ1n) is 6.44. The Balaban J connectivity index is 1.77. The molecule has 1 N–H and O–H groups in total. The van der Waals surface area contributed by atoms with Gasteiger partial charge in [-0.05, 0) is 12.3 Å². The summed E-state index contributed by atoms with van der Waals surface area (Å²) < 4.78 is 4.56. The van der Waals surface area contributed by atoms with Crippen LogP contribution in [0.1, 0.15) is 42.6 Å². The Labute approximate surface area is 107 Å². The highest BCUT2D eigenvalue weighted by atomic mass is 16.5. The van der Waals surface area contributed by atoms with Crippen LogP contribution in [0.5, 0.6) is 0 Å². The first-order valence-corrected chi connectivity index (χ1v) is 6.44. The van der Waals surface area contributed by atoms with E-state index in [1.807, 2.05) is 0 Å². The Bertz CT molecular complexity index is 386. The van der Waals surface area contributed by atoms with E-state index >= 15 is 0 Å². The summed E-state index contributed by atoms with van der Waals surface area (Å²) in [7, 11) is 1.33. The second kappa shape index (κ2) is 6.33. The zero-order valence-corrected chi connectivity index (χ0v) is 10.7. The highest BCUT2D eigenvalue weighted by molar-refractivity contribution is 5.86. The fraction of sp³-hybridized carbons (Fsp3) is 0.615. The van der Waals surface area contributed by atoms with Crippen molar-refractivity contribution in [3.8, 4) is 0 Å². The van der Waals surface area contributed by atoms with Crippen LogP contribution < -0.4 is 5.32 Å². The highest BCUT2D eigenvalue weighted by Crippen LogP contribution is 2.27. The number of ether oxygens (including phenoxy) is 1. The van der Waals surface area contributed by atoms with Crippen LogP contribution in [0.4, 0.5) is 5.82 Å². The smallest absolute Gasteiger partial charge is 0.358 e. The number of nitrogens with one attached hydrogen (secondary N) is 1. The number of methoxy groups -OCH3 is 1. The lowest BCUT2D eigenvalue weighted by molar-refractivity contribution is 0.0593. The lowest BCUT2D eigenvalue weighted by Gasteiger charge is -2.09. The lowest BCUT2D eigenvalue weighted by atomic mass is 10.0. The third kappa shape index (κ3) is 3.42. The highest BCUT2D eigenvalue weighted by Gasteiger charge is 2.14. The minimum Gasteiger partial charge on any atom is -0.464 e. The third-order valence-corrected chi connectivity index (χ3v) is 3.38. The van der Waals surface area contributed by atoms with Crippen LogP contribution in [0.15, 0.2) is 12.4 Å². The van der Waals surface area contributed by atoms with Gasteiger partial charge in [0.05, 0.1) is 19.5 Å². The van der Waals surface area contributed by atoms with Crippen LogP contribution in [0.25, 0.3) is 0 Å². The van der Waals surface area contributed by atoms with Gasteiger partial charge in [0.1, 0.15) is 5.82 Å². The van der Waals surface area contributed by atoms with Crippen molar-refractivity contribution < 1.29 is 9.53 Å². The van der Waals surface area contributed by atoms with Crippen LogP contribution in [0.3, 0.4) is 0 Å². The van der Waals surface area contributed by atoms with Gasteiger partial charge in [-0.1, -0.05) is 25.7 Å². The molecule has 0 radical (unpaired) electrons. The molecule has 1 aromatic heterocycles. The maximum Gasteiger partial charge on any atom is 0.358 e. The molecule has 1 aliphatic carbocycles. The average Bonchev–Trinajstić information content (AvgIpc) is 2.92. The zero-order valence-electron chi connectivity index (χ0n) is 10.7. The Kier molecular flexibility index (Phi) is 4.50. The van der Waals surface area contributed by atoms with E-state index in [9.17, 15) is 4.79 Å². The SMILES string of the molecule is COC(=O)c1cnc(NCCC2CCCC2)cn1. The van der Waals surface area contributed by atoms with Crippen LogP contribution in [0, 0.1) is 5.92 Å². The molecular weight excluding hydrogens is 230 g/mol. The van der Waals surface area contributed by atoms with Gasteiger partial charge in [-0.25, -0.2) is 14.8 Å². The first kappa shape index (κ1) is 12.8. The summed E-state index contributed by atoms with van der Waals surface area (Å²) in [6, 6.07) is 0. The summed E-state index contributed by atoms with van der Waals surface area (Å²) in [6.07, 6.45) is 9.64. The Hall–Kier alpha value is -1.65. The van der Waals surface area contributed by atoms with Crippen molar-refractivity contribution in [2.75, 3.05) is 19.0 Å². The van der Waals surface area contributed by atoms with Crippen LogP contribution >= 0.6 is 0 Å². The van der Waals surface area contributed by atoms with Gasteiger partial charge in [-0.15, -0.1) is 0 Å². The van der Waals surface area contributed by atoms with Crippen LogP contribution in [-0.2, 0) is 4.74 Å². The van der Waals surface area contributed by atoms with E-state index in [0.29, 0.717) is 5.82 Å². The van der Waals surface area contributed by atoms with E-state index < -0.39 is 5.97 Å². The standard InChI is InChI=1S/C13H19N3O2/c1-18-13(17)11-8-16-12(9-15-11)14-7-6-10-4-2-3-5-10/h8-10H,2-7H2,1H3,(H,14,16). The van der Waals surface area contributed by atoms with Gasteiger partial charge in [-0.3, -0.25) is 0 Å². The predicted octanol–water partition coefficient (Wildman–Crippen LogP) is 2.26. The van der Waals surface area contributed by atoms with Gasteiger partial charge in [0, 0.05) is 6.54 Å². The summed E-state index contributed by atoms with van der Waals surface area (Å²) in [5, 5.41) is 3.23. The molecule has 0 amide bonds. The first-order chi connectivity index (χ1) is 8.79. The van der Waals surface area contributed by atoms with Gasteiger partial charge in [0.2, 0.25) is 0 Å². The van der Waals surface area contributed by atoms with Crippen LogP contribution in [0.2, 0.25) is 0 Å². The average molecular weight is 249 g/mol. The number of rotatable bonds is 5. The van der Waals surface area contributed by atoms with E-state index in [1.54, 1.807) is 6.20 Å². The van der Waals surface area contributed by atoms with Gasteiger partial charge in [0.15, 0.2) is 5.69 Å². The van der Waals surface area contributed by atoms with Gasteiger partial charge < -0.3 is 10.1 Å². The molecule has 0 bridgehead atoms. The molecule has 0 unspecified atom stereocenters. The predicted molar refractivity (Wildman–Crippen MR) is 68.4 cm³/mol. The number of esters is 1. The minimum atomic E-state index is -0.458. The summed E-state index contributed by atoms with van der Waals surface area (Å²) in [6.45, 7) is 0.914. The molecule has 5 heteroatoms. The maximum absolute atomic E-state index is 11.2. The molecule has 1 aliphatic rings. The molecule has 1 heterocycles. The number of carbonyl (C=O) groups excluding carboxylic acids is 1. The summed E-state index contributed by atoms with van der Waals surface area (Å²) in [4.78, 5) is 19.3. The Morgan fingerprint density at radius 3 is 2.78 bits per heavy atom. The van der Waals surface area contributed by atoms with Gasteiger partial charge in [0.25, 0.3) is 0 Å².